The molecule has 6 saturated carbocycles. The molecule has 0 heterocycles. The Bertz CT molecular complexity index is 2190. The normalized spacial score (nSPS) is 37.1. The predicted octanol–water partition coefficient (Wildman–Crippen LogP) is 10.1. The molecule has 0 spiro atoms. The zero-order valence-electron chi connectivity index (χ0n) is 44.3. The number of fused-ring (bicyclic) bond motifs is 10. The van der Waals surface area contributed by atoms with Crippen molar-refractivity contribution in [3.63, 3.8) is 0 Å². The van der Waals surface area contributed by atoms with E-state index in [-0.39, 0.29) is 91.1 Å². The molecule has 10 heteroatoms. The molecule has 0 aliphatic heterocycles. The maximum atomic E-state index is 12.1. The second-order valence-corrected chi connectivity index (χ2v) is 23.8. The maximum absolute atomic E-state index is 12.1. The Kier molecular flexibility index (Phi) is 20.3. The number of carbonyl (C=O) groups is 4. The molecule has 0 saturated heterocycles. The zero-order chi connectivity index (χ0) is 50.8. The van der Waals surface area contributed by atoms with E-state index in [9.17, 15) is 39.6 Å². The quantitative estimate of drug-likeness (QED) is 0.120. The smallest absolute Gasteiger partial charge is 0.872 e. The molecule has 388 valence electrons. The number of hydrogen-bond acceptors (Lipinski definition) is 8. The van der Waals surface area contributed by atoms with Gasteiger partial charge in [-0.2, -0.15) is 0 Å². The van der Waals surface area contributed by atoms with Crippen LogP contribution in [0.4, 0.5) is 0 Å². The van der Waals surface area contributed by atoms with Crippen LogP contribution in [0.5, 0.6) is 0 Å². The van der Waals surface area contributed by atoms with Gasteiger partial charge in [0.05, 0.1) is 0 Å². The van der Waals surface area contributed by atoms with Crippen LogP contribution < -0.4 is 20.4 Å². The van der Waals surface area contributed by atoms with Crippen molar-refractivity contribution < 1.29 is 61.3 Å². The van der Waals surface area contributed by atoms with Crippen LogP contribution in [0.25, 0.3) is 11.5 Å². The average molecular weight is 1040 g/mol. The number of Topliss-reactive ketones (excluding diaryl/α,β-unsaturated/α-hetero) is 2. The summed E-state index contributed by atoms with van der Waals surface area (Å²) in [5, 5.41) is 46.3. The van der Waals surface area contributed by atoms with Gasteiger partial charge in [-0.1, -0.05) is 136 Å². The molecule has 10 rings (SSSR count). The third-order valence-corrected chi connectivity index (χ3v) is 19.9. The van der Waals surface area contributed by atoms with Gasteiger partial charge in [-0.3, -0.25) is 19.2 Å². The van der Waals surface area contributed by atoms with Gasteiger partial charge < -0.3 is 20.4 Å². The molecule has 4 unspecified atom stereocenters. The maximum Gasteiger partial charge on any atom is 4.00 e. The number of ketones is 4. The first-order chi connectivity index (χ1) is 33.1. The van der Waals surface area contributed by atoms with Crippen LogP contribution in [0.3, 0.4) is 0 Å². The van der Waals surface area contributed by atoms with Crippen LogP contribution in [-0.2, 0) is 40.9 Å². The molecule has 72 heavy (non-hydrogen) atoms. The predicted molar refractivity (Wildman–Crippen MR) is 277 cm³/mol. The van der Waals surface area contributed by atoms with E-state index >= 15 is 0 Å². The molecule has 8 aliphatic rings. The number of hydrogen-bond donors (Lipinski definition) is 0. The van der Waals surface area contributed by atoms with Crippen LogP contribution in [0.15, 0.2) is 96.1 Å². The van der Waals surface area contributed by atoms with Crippen molar-refractivity contribution in [2.75, 3.05) is 0 Å². The molecule has 0 aromatic heterocycles. The van der Waals surface area contributed by atoms with E-state index in [1.54, 1.807) is 62.4 Å². The van der Waals surface area contributed by atoms with Crippen molar-refractivity contribution in [1.29, 1.82) is 0 Å². The summed E-state index contributed by atoms with van der Waals surface area (Å²) in [6, 6.07) is 17.4. The Balaban J connectivity index is 0.000000185. The van der Waals surface area contributed by atoms with Gasteiger partial charge in [-0.05, 0) is 198 Å². The summed E-state index contributed by atoms with van der Waals surface area (Å²) in [6.07, 6.45) is 23.8. The third-order valence-electron chi connectivity index (χ3n) is 19.9. The Morgan fingerprint density at radius 3 is 1.17 bits per heavy atom. The number of rotatable bonds is 6. The standard InChI is InChI=1S/2C21H31O2.2C10H10O2.ClH.Ti/c2*1-13(22)17-6-7-18-16-5-4-14-12-15(23)8-10-20(14,2)19(16)9-11-21(17,18)3;2*1-8(11)7-10(12)9-5-3-2-4-6-9;;/h2*4,15-19H,5-12H2,1-3H3;2*2-7,12H,1H3;1H;/q2*-1;;;;+4/p-2/b;;2*10-7-;;/t2*15-,16-,17+,18?,19?,20-,21+;;;;/m00..../s1. The van der Waals surface area contributed by atoms with E-state index in [1.165, 1.54) is 63.5 Å². The largest absolute Gasteiger partial charge is 4.00 e. The second-order valence-electron chi connectivity index (χ2n) is 23.8. The van der Waals surface area contributed by atoms with Gasteiger partial charge in [0.15, 0.2) is 11.6 Å². The molecule has 8 aliphatic carbocycles. The van der Waals surface area contributed by atoms with Crippen LogP contribution >= 0.6 is 12.4 Å². The van der Waals surface area contributed by atoms with Crippen molar-refractivity contribution in [3.8, 4) is 0 Å². The molecule has 8 nitrogen and oxygen atoms in total. The molecular weight excluding hydrogens is 956 g/mol. The summed E-state index contributed by atoms with van der Waals surface area (Å²) < 4.78 is 0. The molecule has 0 bridgehead atoms. The fourth-order valence-electron chi connectivity index (χ4n) is 16.3. The van der Waals surface area contributed by atoms with Gasteiger partial charge in [-0.25, -0.2) is 0 Å². The summed E-state index contributed by atoms with van der Waals surface area (Å²) in [7, 11) is 0. The number of allylic oxidation sites excluding steroid dienone is 4. The molecule has 14 atom stereocenters. The van der Waals surface area contributed by atoms with E-state index in [0.717, 1.165) is 112 Å². The summed E-state index contributed by atoms with van der Waals surface area (Å²) >= 11 is 0. The van der Waals surface area contributed by atoms with Crippen LogP contribution in [-0.4, -0.2) is 35.3 Å². The van der Waals surface area contributed by atoms with Crippen molar-refractivity contribution in [1.82, 2.24) is 0 Å². The van der Waals surface area contributed by atoms with Crippen molar-refractivity contribution in [2.24, 2.45) is 69.0 Å². The first-order valence-electron chi connectivity index (χ1n) is 26.7. The summed E-state index contributed by atoms with van der Waals surface area (Å²) in [5.41, 5.74) is 5.10. The topological polar surface area (TPSA) is 161 Å². The van der Waals surface area contributed by atoms with Gasteiger partial charge in [0.2, 0.25) is 0 Å². The fraction of sp³-hybridized carbons (Fsp3) is 0.613. The Labute approximate surface area is 452 Å². The van der Waals surface area contributed by atoms with E-state index in [1.807, 2.05) is 12.1 Å². The SMILES string of the molecule is CC(=O)/C=C(\[O-])c1ccccc1.CC(=O)/C=C(\[O-])c1ccccc1.CC(=O)[C@H]1CCC2[C@@H]3CC=C4C[C@@H]([O-])CC[C@]4(C)C3CC[C@@]21C.CC(=O)[C@H]1CCC2[C@@H]3CC=C4C[C@@H]([O-])CC[C@]4(C)C3CC[C@@]21C.Cl.[Ti+4]. The summed E-state index contributed by atoms with van der Waals surface area (Å²) in [6.45, 7) is 16.0. The Morgan fingerprint density at radius 2 is 0.847 bits per heavy atom. The van der Waals surface area contributed by atoms with Gasteiger partial charge in [-0.15, -0.1) is 24.6 Å². The average Bonchev–Trinajstić information content (AvgIpc) is 3.87. The minimum Gasteiger partial charge on any atom is -0.872 e. The minimum atomic E-state index is -0.367. The minimum absolute atomic E-state index is 0. The van der Waals surface area contributed by atoms with E-state index in [0.29, 0.717) is 34.5 Å². The van der Waals surface area contributed by atoms with Crippen molar-refractivity contribution in [3.05, 3.63) is 107 Å². The van der Waals surface area contributed by atoms with Gasteiger partial charge in [0, 0.05) is 11.8 Å². The fourth-order valence-corrected chi connectivity index (χ4v) is 16.3. The molecular formula is C62H81ClO8Ti. The molecule has 6 fully saturated rings. The number of benzene rings is 2. The summed E-state index contributed by atoms with van der Waals surface area (Å²) in [4.78, 5) is 45.4. The van der Waals surface area contributed by atoms with Crippen LogP contribution in [0.2, 0.25) is 0 Å². The second kappa shape index (κ2) is 24.5. The Hall–Kier alpha value is -3.40. The summed E-state index contributed by atoms with van der Waals surface area (Å²) in [5.74, 6) is 4.94. The number of carbonyl (C=O) groups excluding carboxylic acids is 4. The Morgan fingerprint density at radius 1 is 0.500 bits per heavy atom. The zero-order valence-corrected chi connectivity index (χ0v) is 46.7. The van der Waals surface area contributed by atoms with E-state index < -0.39 is 0 Å². The molecule has 2 aromatic carbocycles. The van der Waals surface area contributed by atoms with Crippen LogP contribution in [0.1, 0.15) is 169 Å². The van der Waals surface area contributed by atoms with E-state index in [2.05, 4.69) is 39.8 Å². The molecule has 2 aromatic rings. The van der Waals surface area contributed by atoms with Crippen LogP contribution in [0, 0.1) is 69.0 Å². The van der Waals surface area contributed by atoms with Gasteiger partial charge in [0.25, 0.3) is 0 Å². The molecule has 0 N–H and O–H groups in total. The van der Waals surface area contributed by atoms with Gasteiger partial charge >= 0.3 is 21.7 Å². The third kappa shape index (κ3) is 12.3. The van der Waals surface area contributed by atoms with Crippen molar-refractivity contribution in [2.45, 2.75) is 170 Å². The first kappa shape index (κ1) is 59.5. The molecule has 0 radical (unpaired) electrons. The molecule has 0 amide bonds. The first-order valence-corrected chi connectivity index (χ1v) is 26.7. The van der Waals surface area contributed by atoms with Gasteiger partial charge in [0.1, 0.15) is 11.6 Å². The number of halogens is 1. The van der Waals surface area contributed by atoms with E-state index in [4.69, 9.17) is 0 Å². The monoisotopic (exact) mass is 1040 g/mol. The van der Waals surface area contributed by atoms with Crippen molar-refractivity contribution >= 4 is 47.1 Å².